The molecule has 1 aromatic rings. The second kappa shape index (κ2) is 3.10. The van der Waals surface area contributed by atoms with Gasteiger partial charge in [0.2, 0.25) is 0 Å². The Morgan fingerprint density at radius 1 is 1.43 bits per heavy atom. The van der Waals surface area contributed by atoms with Crippen molar-refractivity contribution in [1.29, 1.82) is 0 Å². The van der Waals surface area contributed by atoms with Gasteiger partial charge in [-0.15, -0.1) is 0 Å². The largest absolute Gasteiger partial charge is 0.480 e. The molecule has 0 aliphatic carbocycles. The minimum atomic E-state index is -0.800. The Morgan fingerprint density at radius 2 is 2.07 bits per heavy atom. The lowest BCUT2D eigenvalue weighted by molar-refractivity contribution is -0.163. The highest BCUT2D eigenvalue weighted by Gasteiger charge is 2.48. The van der Waals surface area contributed by atoms with Gasteiger partial charge in [0.25, 0.3) is 0 Å². The molecule has 0 amide bonds. The van der Waals surface area contributed by atoms with Crippen LogP contribution >= 0.6 is 0 Å². The maximum absolute atomic E-state index is 11.2. The smallest absolute Gasteiger partial charge is 0.318 e. The monoisotopic (exact) mass is 192 g/mol. The van der Waals surface area contributed by atoms with Gasteiger partial charge < -0.3 is 9.84 Å². The molecule has 1 aromatic carbocycles. The van der Waals surface area contributed by atoms with Crippen molar-refractivity contribution in [2.75, 3.05) is 13.2 Å². The van der Waals surface area contributed by atoms with Crippen LogP contribution in [0.15, 0.2) is 24.3 Å². The van der Waals surface area contributed by atoms with Crippen LogP contribution in [0, 0.1) is 6.92 Å². The van der Waals surface area contributed by atoms with Crippen molar-refractivity contribution in [2.45, 2.75) is 12.3 Å². The number of benzene rings is 1. The zero-order valence-corrected chi connectivity index (χ0v) is 7.99. The summed E-state index contributed by atoms with van der Waals surface area (Å²) in [6.45, 7) is 2.50. The van der Waals surface area contributed by atoms with Gasteiger partial charge in [-0.2, -0.15) is 0 Å². The summed E-state index contributed by atoms with van der Waals surface area (Å²) >= 11 is 0. The van der Waals surface area contributed by atoms with Crippen molar-refractivity contribution >= 4 is 5.97 Å². The lowest BCUT2D eigenvalue weighted by Crippen LogP contribution is -2.53. The maximum Gasteiger partial charge on any atom is 0.318 e. The molecule has 2 rings (SSSR count). The van der Waals surface area contributed by atoms with Gasteiger partial charge in [0.1, 0.15) is 5.41 Å². The molecule has 0 aromatic heterocycles. The molecule has 1 heterocycles. The van der Waals surface area contributed by atoms with Crippen molar-refractivity contribution < 1.29 is 14.6 Å². The van der Waals surface area contributed by atoms with Crippen LogP contribution in [-0.2, 0) is 14.9 Å². The second-order valence-corrected chi connectivity index (χ2v) is 3.69. The molecule has 1 aliphatic heterocycles. The van der Waals surface area contributed by atoms with Crippen molar-refractivity contribution in [1.82, 2.24) is 0 Å². The number of rotatable bonds is 2. The van der Waals surface area contributed by atoms with E-state index in [9.17, 15) is 9.90 Å². The topological polar surface area (TPSA) is 46.5 Å². The van der Waals surface area contributed by atoms with Gasteiger partial charge in [-0.05, 0) is 18.1 Å². The molecule has 1 N–H and O–H groups in total. The summed E-state index contributed by atoms with van der Waals surface area (Å²) < 4.78 is 5.03. The van der Waals surface area contributed by atoms with Gasteiger partial charge in [0.05, 0.1) is 13.2 Å². The van der Waals surface area contributed by atoms with Crippen LogP contribution in [0.2, 0.25) is 0 Å². The molecule has 0 bridgehead atoms. The third-order valence-electron chi connectivity index (χ3n) is 2.77. The molecule has 3 heteroatoms. The van der Waals surface area contributed by atoms with E-state index in [1.165, 1.54) is 0 Å². The molecule has 0 spiro atoms. The lowest BCUT2D eigenvalue weighted by Gasteiger charge is -2.38. The highest BCUT2D eigenvalue weighted by Crippen LogP contribution is 2.34. The summed E-state index contributed by atoms with van der Waals surface area (Å²) in [4.78, 5) is 11.2. The molecule has 1 fully saturated rings. The number of carboxylic acid groups (broad SMARTS) is 1. The number of carbonyl (C=O) groups is 1. The normalized spacial score (nSPS) is 18.6. The molecule has 0 saturated carbocycles. The predicted octanol–water partition coefficient (Wildman–Crippen LogP) is 1.35. The van der Waals surface area contributed by atoms with Gasteiger partial charge in [-0.1, -0.05) is 24.3 Å². The summed E-state index contributed by atoms with van der Waals surface area (Å²) in [5, 5.41) is 9.18. The minimum Gasteiger partial charge on any atom is -0.480 e. The Hall–Kier alpha value is -1.35. The Labute approximate surface area is 82.3 Å². The summed E-state index contributed by atoms with van der Waals surface area (Å²) in [6, 6.07) is 7.57. The van der Waals surface area contributed by atoms with Gasteiger partial charge in [0, 0.05) is 0 Å². The van der Waals surface area contributed by atoms with Crippen molar-refractivity contribution in [2.24, 2.45) is 0 Å². The van der Waals surface area contributed by atoms with E-state index in [0.29, 0.717) is 0 Å². The van der Waals surface area contributed by atoms with E-state index in [4.69, 9.17) is 4.74 Å². The van der Waals surface area contributed by atoms with E-state index in [2.05, 4.69) is 0 Å². The van der Waals surface area contributed by atoms with E-state index in [1.54, 1.807) is 0 Å². The number of carboxylic acids is 1. The van der Waals surface area contributed by atoms with Crippen LogP contribution in [-0.4, -0.2) is 24.3 Å². The summed E-state index contributed by atoms with van der Waals surface area (Å²) in [5.41, 5.74) is 1.09. The third-order valence-corrected chi connectivity index (χ3v) is 2.77. The average Bonchev–Trinajstić information content (AvgIpc) is 2.05. The first kappa shape index (κ1) is 9.21. The average molecular weight is 192 g/mol. The predicted molar refractivity (Wildman–Crippen MR) is 51.3 cm³/mol. The molecular weight excluding hydrogens is 180 g/mol. The molecule has 1 aliphatic rings. The summed E-state index contributed by atoms with van der Waals surface area (Å²) in [7, 11) is 0. The molecule has 0 atom stereocenters. The standard InChI is InChI=1S/C11H12O3/c1-8-4-2-3-5-9(8)11(10(12)13)6-14-7-11/h2-5H,6-7H2,1H3,(H,12,13). The van der Waals surface area contributed by atoms with Crippen molar-refractivity contribution in [3.05, 3.63) is 35.4 Å². The van der Waals surface area contributed by atoms with Crippen LogP contribution in [0.3, 0.4) is 0 Å². The number of aliphatic carboxylic acids is 1. The van der Waals surface area contributed by atoms with Crippen molar-refractivity contribution in [3.63, 3.8) is 0 Å². The first-order valence-electron chi connectivity index (χ1n) is 4.54. The molecule has 0 radical (unpaired) electrons. The van der Waals surface area contributed by atoms with Crippen molar-refractivity contribution in [3.8, 4) is 0 Å². The van der Waals surface area contributed by atoms with Crippen LogP contribution in [0.1, 0.15) is 11.1 Å². The third kappa shape index (κ3) is 1.13. The van der Waals surface area contributed by atoms with E-state index in [1.807, 2.05) is 31.2 Å². The number of hydrogen-bond donors (Lipinski definition) is 1. The molecule has 74 valence electrons. The number of hydrogen-bond acceptors (Lipinski definition) is 2. The van der Waals surface area contributed by atoms with Gasteiger partial charge in [-0.3, -0.25) is 4.79 Å². The first-order valence-corrected chi connectivity index (χ1v) is 4.54. The molecule has 3 nitrogen and oxygen atoms in total. The second-order valence-electron chi connectivity index (χ2n) is 3.69. The quantitative estimate of drug-likeness (QED) is 0.769. The zero-order chi connectivity index (χ0) is 10.2. The molecular formula is C11H12O3. The molecule has 14 heavy (non-hydrogen) atoms. The van der Waals surface area contributed by atoms with Crippen LogP contribution in [0.5, 0.6) is 0 Å². The van der Waals surface area contributed by atoms with Crippen LogP contribution in [0.25, 0.3) is 0 Å². The summed E-state index contributed by atoms with van der Waals surface area (Å²) in [6.07, 6.45) is 0. The fraction of sp³-hybridized carbons (Fsp3) is 0.364. The minimum absolute atomic E-state index is 0.285. The van der Waals surface area contributed by atoms with Crippen LogP contribution < -0.4 is 0 Å². The van der Waals surface area contributed by atoms with Gasteiger partial charge >= 0.3 is 5.97 Å². The summed E-state index contributed by atoms with van der Waals surface area (Å²) in [5.74, 6) is -0.793. The van der Waals surface area contributed by atoms with Gasteiger partial charge in [-0.25, -0.2) is 0 Å². The van der Waals surface area contributed by atoms with E-state index in [-0.39, 0.29) is 13.2 Å². The van der Waals surface area contributed by atoms with E-state index in [0.717, 1.165) is 11.1 Å². The number of ether oxygens (including phenoxy) is 1. The first-order chi connectivity index (χ1) is 6.67. The Morgan fingerprint density at radius 3 is 2.50 bits per heavy atom. The van der Waals surface area contributed by atoms with Crippen LogP contribution in [0.4, 0.5) is 0 Å². The van der Waals surface area contributed by atoms with Gasteiger partial charge in [0.15, 0.2) is 0 Å². The fourth-order valence-electron chi connectivity index (χ4n) is 1.81. The Bertz CT molecular complexity index is 367. The Kier molecular flexibility index (Phi) is 2.04. The number of aryl methyl sites for hydroxylation is 1. The van der Waals surface area contributed by atoms with E-state index >= 15 is 0 Å². The molecule has 1 saturated heterocycles. The SMILES string of the molecule is Cc1ccccc1C1(C(=O)O)COC1. The lowest BCUT2D eigenvalue weighted by atomic mass is 9.77. The highest BCUT2D eigenvalue weighted by atomic mass is 16.5. The highest BCUT2D eigenvalue weighted by molar-refractivity contribution is 5.83. The Balaban J connectivity index is 2.47. The fourth-order valence-corrected chi connectivity index (χ4v) is 1.81. The maximum atomic E-state index is 11.2. The van der Waals surface area contributed by atoms with E-state index < -0.39 is 11.4 Å². The molecule has 0 unspecified atom stereocenters. The zero-order valence-electron chi connectivity index (χ0n) is 7.99.